The minimum atomic E-state index is 0.0129. The number of amides is 2. The number of piperidine rings is 1. The first-order chi connectivity index (χ1) is 10.7. The van der Waals surface area contributed by atoms with Gasteiger partial charge >= 0.3 is 0 Å². The second kappa shape index (κ2) is 8.54. The predicted molar refractivity (Wildman–Crippen MR) is 86.3 cm³/mol. The molecule has 120 valence electrons. The molecule has 0 unspecified atom stereocenters. The molecule has 1 aliphatic heterocycles. The molecule has 0 bridgehead atoms. The zero-order valence-electron chi connectivity index (χ0n) is 13.0. The maximum Gasteiger partial charge on any atom is 0.253 e. The van der Waals surface area contributed by atoms with Crippen LogP contribution >= 0.6 is 0 Å². The second-order valence-corrected chi connectivity index (χ2v) is 5.72. The minimum absolute atomic E-state index is 0.0129. The minimum Gasteiger partial charge on any atom is -0.352 e. The lowest BCUT2D eigenvalue weighted by molar-refractivity contribution is -0.121. The quantitative estimate of drug-likeness (QED) is 0.839. The van der Waals surface area contributed by atoms with Crippen LogP contribution in [0.4, 0.5) is 0 Å². The number of nitrogens with one attached hydrogen (secondary N) is 1. The Hall–Kier alpha value is -1.88. The van der Waals surface area contributed by atoms with Crippen molar-refractivity contribution in [3.8, 4) is 0 Å². The summed E-state index contributed by atoms with van der Waals surface area (Å²) in [7, 11) is 0. The Morgan fingerprint density at radius 2 is 1.77 bits per heavy atom. The van der Waals surface area contributed by atoms with E-state index in [1.807, 2.05) is 29.2 Å². The summed E-state index contributed by atoms with van der Waals surface area (Å²) < 4.78 is 0. The van der Waals surface area contributed by atoms with Crippen molar-refractivity contribution in [1.82, 2.24) is 10.2 Å². The van der Waals surface area contributed by atoms with E-state index in [2.05, 4.69) is 5.32 Å². The first-order valence-electron chi connectivity index (χ1n) is 8.05. The normalized spacial score (nSPS) is 14.7. The van der Waals surface area contributed by atoms with Gasteiger partial charge in [-0.05, 0) is 49.9 Å². The molecule has 0 radical (unpaired) electrons. The predicted octanol–water partition coefficient (Wildman–Crippen LogP) is 1.67. The van der Waals surface area contributed by atoms with Crippen molar-refractivity contribution in [3.05, 3.63) is 35.4 Å². The van der Waals surface area contributed by atoms with E-state index >= 15 is 0 Å². The summed E-state index contributed by atoms with van der Waals surface area (Å²) in [6, 6.07) is 7.50. The van der Waals surface area contributed by atoms with Crippen molar-refractivity contribution >= 4 is 11.8 Å². The highest BCUT2D eigenvalue weighted by Gasteiger charge is 2.17. The van der Waals surface area contributed by atoms with E-state index in [1.165, 1.54) is 6.42 Å². The van der Waals surface area contributed by atoms with Crippen molar-refractivity contribution in [1.29, 1.82) is 0 Å². The van der Waals surface area contributed by atoms with Crippen molar-refractivity contribution in [3.63, 3.8) is 0 Å². The van der Waals surface area contributed by atoms with Crippen LogP contribution in [0.15, 0.2) is 24.3 Å². The standard InChI is InChI=1S/C17H25N3O2/c18-10-4-5-16(21)19-13-14-6-8-15(9-7-14)17(22)20-11-2-1-3-12-20/h6-9H,1-5,10-13,18H2,(H,19,21). The summed E-state index contributed by atoms with van der Waals surface area (Å²) in [5, 5.41) is 2.86. The summed E-state index contributed by atoms with van der Waals surface area (Å²) in [4.78, 5) is 25.8. The molecule has 5 nitrogen and oxygen atoms in total. The van der Waals surface area contributed by atoms with E-state index in [-0.39, 0.29) is 11.8 Å². The number of carbonyl (C=O) groups excluding carboxylic acids is 2. The molecule has 1 saturated heterocycles. The molecule has 1 fully saturated rings. The summed E-state index contributed by atoms with van der Waals surface area (Å²) >= 11 is 0. The molecule has 1 aromatic carbocycles. The summed E-state index contributed by atoms with van der Waals surface area (Å²) in [6.07, 6.45) is 4.57. The molecular formula is C17H25N3O2. The zero-order valence-corrected chi connectivity index (χ0v) is 13.0. The van der Waals surface area contributed by atoms with Crippen LogP contribution in [-0.4, -0.2) is 36.3 Å². The Bertz CT molecular complexity index is 493. The highest BCUT2D eigenvalue weighted by molar-refractivity contribution is 5.94. The first kappa shape index (κ1) is 16.5. The molecule has 1 heterocycles. The zero-order chi connectivity index (χ0) is 15.8. The van der Waals surface area contributed by atoms with Crippen LogP contribution in [0.1, 0.15) is 48.0 Å². The highest BCUT2D eigenvalue weighted by atomic mass is 16.2. The van der Waals surface area contributed by atoms with Gasteiger partial charge in [0.15, 0.2) is 0 Å². The van der Waals surface area contributed by atoms with Crippen molar-refractivity contribution < 1.29 is 9.59 Å². The van der Waals surface area contributed by atoms with Crippen LogP contribution in [0.3, 0.4) is 0 Å². The molecule has 2 amide bonds. The molecule has 0 atom stereocenters. The molecule has 2 rings (SSSR count). The van der Waals surface area contributed by atoms with Gasteiger partial charge in [0.25, 0.3) is 5.91 Å². The van der Waals surface area contributed by atoms with E-state index in [9.17, 15) is 9.59 Å². The molecule has 5 heteroatoms. The molecular weight excluding hydrogens is 278 g/mol. The van der Waals surface area contributed by atoms with E-state index in [1.54, 1.807) is 0 Å². The number of benzene rings is 1. The number of carbonyl (C=O) groups is 2. The number of nitrogens with zero attached hydrogens (tertiary/aromatic N) is 1. The monoisotopic (exact) mass is 303 g/mol. The lowest BCUT2D eigenvalue weighted by Gasteiger charge is -2.26. The third-order valence-corrected chi connectivity index (χ3v) is 3.94. The Kier molecular flexibility index (Phi) is 6.40. The Morgan fingerprint density at radius 1 is 1.09 bits per heavy atom. The van der Waals surface area contributed by atoms with Gasteiger partial charge in [-0.15, -0.1) is 0 Å². The molecule has 0 aliphatic carbocycles. The number of hydrogen-bond donors (Lipinski definition) is 2. The van der Waals surface area contributed by atoms with Crippen molar-refractivity contribution in [2.24, 2.45) is 5.73 Å². The average Bonchev–Trinajstić information content (AvgIpc) is 2.58. The lowest BCUT2D eigenvalue weighted by atomic mass is 10.1. The first-order valence-corrected chi connectivity index (χ1v) is 8.05. The number of likely N-dealkylation sites (tertiary alicyclic amines) is 1. The fourth-order valence-corrected chi connectivity index (χ4v) is 2.60. The van der Waals surface area contributed by atoms with E-state index in [4.69, 9.17) is 5.73 Å². The molecule has 0 aromatic heterocycles. The SMILES string of the molecule is NCCCC(=O)NCc1ccc(C(=O)N2CCCCC2)cc1. The van der Waals surface area contributed by atoms with Gasteiger partial charge in [-0.2, -0.15) is 0 Å². The fraction of sp³-hybridized carbons (Fsp3) is 0.529. The van der Waals surface area contributed by atoms with Crippen LogP contribution < -0.4 is 11.1 Å². The topological polar surface area (TPSA) is 75.4 Å². The third-order valence-electron chi connectivity index (χ3n) is 3.94. The van der Waals surface area contributed by atoms with Crippen LogP contribution in [0.25, 0.3) is 0 Å². The third kappa shape index (κ3) is 4.84. The van der Waals surface area contributed by atoms with Gasteiger partial charge < -0.3 is 16.0 Å². The van der Waals surface area contributed by atoms with Gasteiger partial charge in [0.05, 0.1) is 0 Å². The Balaban J connectivity index is 1.84. The van der Waals surface area contributed by atoms with Crippen LogP contribution in [0.5, 0.6) is 0 Å². The molecule has 3 N–H and O–H groups in total. The van der Waals surface area contributed by atoms with E-state index in [0.717, 1.165) is 37.1 Å². The van der Waals surface area contributed by atoms with Crippen LogP contribution in [-0.2, 0) is 11.3 Å². The van der Waals surface area contributed by atoms with Gasteiger partial charge in [-0.1, -0.05) is 12.1 Å². The second-order valence-electron chi connectivity index (χ2n) is 5.72. The molecule has 0 spiro atoms. The summed E-state index contributed by atoms with van der Waals surface area (Å²) in [5.74, 6) is 0.122. The lowest BCUT2D eigenvalue weighted by Crippen LogP contribution is -2.35. The Labute approximate surface area is 131 Å². The van der Waals surface area contributed by atoms with Gasteiger partial charge in [0.2, 0.25) is 5.91 Å². The van der Waals surface area contributed by atoms with Crippen LogP contribution in [0, 0.1) is 0 Å². The number of rotatable bonds is 6. The Morgan fingerprint density at radius 3 is 2.41 bits per heavy atom. The molecule has 22 heavy (non-hydrogen) atoms. The molecule has 1 aromatic rings. The molecule has 1 aliphatic rings. The number of hydrogen-bond acceptors (Lipinski definition) is 3. The molecule has 0 saturated carbocycles. The van der Waals surface area contributed by atoms with Gasteiger partial charge in [0.1, 0.15) is 0 Å². The van der Waals surface area contributed by atoms with Crippen molar-refractivity contribution in [2.45, 2.75) is 38.6 Å². The highest BCUT2D eigenvalue weighted by Crippen LogP contribution is 2.13. The van der Waals surface area contributed by atoms with Gasteiger partial charge in [-0.3, -0.25) is 9.59 Å². The maximum atomic E-state index is 12.3. The van der Waals surface area contributed by atoms with Crippen molar-refractivity contribution in [2.75, 3.05) is 19.6 Å². The maximum absolute atomic E-state index is 12.3. The fourth-order valence-electron chi connectivity index (χ4n) is 2.60. The summed E-state index contributed by atoms with van der Waals surface area (Å²) in [5.41, 5.74) is 7.09. The summed E-state index contributed by atoms with van der Waals surface area (Å²) in [6.45, 7) is 2.73. The largest absolute Gasteiger partial charge is 0.352 e. The van der Waals surface area contributed by atoms with Gasteiger partial charge in [-0.25, -0.2) is 0 Å². The number of nitrogens with two attached hydrogens (primary N) is 1. The van der Waals surface area contributed by atoms with E-state index < -0.39 is 0 Å². The smallest absolute Gasteiger partial charge is 0.253 e. The average molecular weight is 303 g/mol. The van der Waals surface area contributed by atoms with E-state index in [0.29, 0.717) is 25.9 Å². The van der Waals surface area contributed by atoms with Crippen LogP contribution in [0.2, 0.25) is 0 Å². The van der Waals surface area contributed by atoms with Gasteiger partial charge in [0, 0.05) is 31.6 Å².